The zero-order chi connectivity index (χ0) is 15.2. The Bertz CT molecular complexity index is 437. The Kier molecular flexibility index (Phi) is 5.92. The summed E-state index contributed by atoms with van der Waals surface area (Å²) in [7, 11) is 0. The van der Waals surface area contributed by atoms with Gasteiger partial charge in [-0.15, -0.1) is 0 Å². The van der Waals surface area contributed by atoms with Crippen molar-refractivity contribution >= 4 is 5.69 Å². The van der Waals surface area contributed by atoms with Gasteiger partial charge in [0.15, 0.2) is 0 Å². The van der Waals surface area contributed by atoms with Gasteiger partial charge in [0.25, 0.3) is 0 Å². The second-order valence-electron chi connectivity index (χ2n) is 6.52. The molecule has 0 atom stereocenters. The van der Waals surface area contributed by atoms with E-state index >= 15 is 0 Å². The first-order valence-electron chi connectivity index (χ1n) is 8.30. The molecule has 0 aliphatic carbocycles. The van der Waals surface area contributed by atoms with Crippen LogP contribution in [-0.2, 0) is 0 Å². The molecule has 21 heavy (non-hydrogen) atoms. The third-order valence-electron chi connectivity index (χ3n) is 4.08. The Morgan fingerprint density at radius 2 is 2.00 bits per heavy atom. The molecule has 1 aromatic carbocycles. The first kappa shape index (κ1) is 16.2. The minimum absolute atomic E-state index is 0.602. The van der Waals surface area contributed by atoms with Gasteiger partial charge in [-0.05, 0) is 56.4 Å². The molecule has 0 aromatic heterocycles. The van der Waals surface area contributed by atoms with E-state index in [1.165, 1.54) is 43.7 Å². The van der Waals surface area contributed by atoms with Crippen molar-refractivity contribution < 1.29 is 4.74 Å². The zero-order valence-electron chi connectivity index (χ0n) is 14.0. The second-order valence-corrected chi connectivity index (χ2v) is 6.52. The van der Waals surface area contributed by atoms with Crippen molar-refractivity contribution in [2.24, 2.45) is 5.92 Å². The second kappa shape index (κ2) is 7.69. The first-order valence-corrected chi connectivity index (χ1v) is 8.30. The van der Waals surface area contributed by atoms with E-state index in [0.29, 0.717) is 6.04 Å². The van der Waals surface area contributed by atoms with Crippen LogP contribution >= 0.6 is 0 Å². The minimum atomic E-state index is 0.602. The average molecular weight is 290 g/mol. The van der Waals surface area contributed by atoms with Gasteiger partial charge in [-0.1, -0.05) is 13.8 Å². The number of rotatable bonds is 6. The van der Waals surface area contributed by atoms with Crippen LogP contribution in [0.15, 0.2) is 18.2 Å². The number of nitrogens with zero attached hydrogens (tertiary/aromatic N) is 1. The Hall–Kier alpha value is -1.22. The number of nitrogens with one attached hydrogen (secondary N) is 1. The lowest BCUT2D eigenvalue weighted by Gasteiger charge is -2.34. The van der Waals surface area contributed by atoms with Crippen molar-refractivity contribution in [3.05, 3.63) is 23.8 Å². The highest BCUT2D eigenvalue weighted by Crippen LogP contribution is 2.24. The summed E-state index contributed by atoms with van der Waals surface area (Å²) in [6.45, 7) is 13.2. The molecule has 1 saturated heterocycles. The molecule has 118 valence electrons. The van der Waals surface area contributed by atoms with Gasteiger partial charge in [-0.2, -0.15) is 0 Å². The monoisotopic (exact) mass is 290 g/mol. The molecule has 3 nitrogen and oxygen atoms in total. The number of aryl methyl sites for hydroxylation is 1. The van der Waals surface area contributed by atoms with E-state index in [4.69, 9.17) is 4.74 Å². The molecule has 0 spiro atoms. The number of anilines is 1. The number of ether oxygens (including phenoxy) is 1. The molecule has 1 aromatic rings. The molecule has 0 amide bonds. The predicted molar refractivity (Wildman–Crippen MR) is 90.3 cm³/mol. The summed E-state index contributed by atoms with van der Waals surface area (Å²) in [6.07, 6.45) is 2.47. The lowest BCUT2D eigenvalue weighted by atomic mass is 10.0. The smallest absolute Gasteiger partial charge is 0.119 e. The summed E-state index contributed by atoms with van der Waals surface area (Å²) in [5, 5.41) is 3.71. The molecule has 1 aliphatic heterocycles. The van der Waals surface area contributed by atoms with E-state index in [9.17, 15) is 0 Å². The summed E-state index contributed by atoms with van der Waals surface area (Å²) >= 11 is 0. The van der Waals surface area contributed by atoms with Gasteiger partial charge >= 0.3 is 0 Å². The van der Waals surface area contributed by atoms with Crippen LogP contribution in [0.5, 0.6) is 5.75 Å². The highest BCUT2D eigenvalue weighted by molar-refractivity contribution is 5.54. The summed E-state index contributed by atoms with van der Waals surface area (Å²) in [5.41, 5.74) is 2.52. The van der Waals surface area contributed by atoms with Crippen LogP contribution in [-0.4, -0.2) is 37.2 Å². The first-order chi connectivity index (χ1) is 10.1. The summed E-state index contributed by atoms with van der Waals surface area (Å²) in [4.78, 5) is 2.59. The summed E-state index contributed by atoms with van der Waals surface area (Å²) < 4.78 is 5.55. The third kappa shape index (κ3) is 4.92. The minimum Gasteiger partial charge on any atom is -0.494 e. The predicted octanol–water partition coefficient (Wildman–Crippen LogP) is 3.93. The molecular formula is C18H30N2O. The average Bonchev–Trinajstić information content (AvgIpc) is 2.44. The van der Waals surface area contributed by atoms with Crippen molar-refractivity contribution in [1.82, 2.24) is 4.90 Å². The molecule has 1 aliphatic rings. The van der Waals surface area contributed by atoms with Gasteiger partial charge in [0.1, 0.15) is 5.75 Å². The molecule has 1 N–H and O–H groups in total. The molecule has 2 rings (SSSR count). The zero-order valence-corrected chi connectivity index (χ0v) is 14.0. The molecule has 0 radical (unpaired) electrons. The van der Waals surface area contributed by atoms with Gasteiger partial charge in [-0.3, -0.25) is 0 Å². The maximum Gasteiger partial charge on any atom is 0.119 e. The number of hydrogen-bond acceptors (Lipinski definition) is 3. The highest BCUT2D eigenvalue weighted by Gasteiger charge is 2.19. The van der Waals surface area contributed by atoms with E-state index in [0.717, 1.165) is 18.3 Å². The van der Waals surface area contributed by atoms with Crippen LogP contribution in [0.2, 0.25) is 0 Å². The van der Waals surface area contributed by atoms with Crippen LogP contribution in [0.4, 0.5) is 5.69 Å². The lowest BCUT2D eigenvalue weighted by Crippen LogP contribution is -2.40. The van der Waals surface area contributed by atoms with Gasteiger partial charge in [-0.25, -0.2) is 0 Å². The van der Waals surface area contributed by atoms with Gasteiger partial charge in [0.2, 0.25) is 0 Å². The Morgan fingerprint density at radius 1 is 1.29 bits per heavy atom. The van der Waals surface area contributed by atoms with Crippen LogP contribution in [0.3, 0.4) is 0 Å². The van der Waals surface area contributed by atoms with Crippen molar-refractivity contribution in [1.29, 1.82) is 0 Å². The quantitative estimate of drug-likeness (QED) is 0.859. The fraction of sp³-hybridized carbons (Fsp3) is 0.667. The number of hydrogen-bond donors (Lipinski definition) is 1. The topological polar surface area (TPSA) is 24.5 Å². The van der Waals surface area contributed by atoms with Gasteiger partial charge in [0, 0.05) is 31.4 Å². The number of likely N-dealkylation sites (tertiary alicyclic amines) is 1. The molecule has 1 heterocycles. The van der Waals surface area contributed by atoms with E-state index in [-0.39, 0.29) is 0 Å². The highest BCUT2D eigenvalue weighted by atomic mass is 16.5. The van der Waals surface area contributed by atoms with Crippen molar-refractivity contribution in [2.45, 2.75) is 46.6 Å². The van der Waals surface area contributed by atoms with Crippen molar-refractivity contribution in [3.8, 4) is 5.75 Å². The molecule has 3 heteroatoms. The van der Waals surface area contributed by atoms with Crippen LogP contribution in [0, 0.1) is 12.8 Å². The lowest BCUT2D eigenvalue weighted by molar-refractivity contribution is 0.198. The maximum absolute atomic E-state index is 5.55. The SMILES string of the molecule is CCOc1ccc(NC2CCN(CC(C)C)CC2)c(C)c1. The maximum atomic E-state index is 5.55. The molecule has 1 fully saturated rings. The number of benzene rings is 1. The fourth-order valence-corrected chi connectivity index (χ4v) is 3.05. The Morgan fingerprint density at radius 3 is 2.57 bits per heavy atom. The largest absolute Gasteiger partial charge is 0.494 e. The van der Waals surface area contributed by atoms with E-state index in [2.05, 4.69) is 49.2 Å². The van der Waals surface area contributed by atoms with Gasteiger partial charge < -0.3 is 15.0 Å². The van der Waals surface area contributed by atoms with E-state index < -0.39 is 0 Å². The van der Waals surface area contributed by atoms with Crippen LogP contribution in [0.25, 0.3) is 0 Å². The Balaban J connectivity index is 1.86. The normalized spacial score (nSPS) is 17.2. The molecule has 0 bridgehead atoms. The van der Waals surface area contributed by atoms with Crippen molar-refractivity contribution in [3.63, 3.8) is 0 Å². The van der Waals surface area contributed by atoms with E-state index in [1.807, 2.05) is 6.92 Å². The van der Waals surface area contributed by atoms with Crippen molar-refractivity contribution in [2.75, 3.05) is 31.6 Å². The molecule has 0 unspecified atom stereocenters. The van der Waals surface area contributed by atoms with Gasteiger partial charge in [0.05, 0.1) is 6.61 Å². The summed E-state index contributed by atoms with van der Waals surface area (Å²) in [6, 6.07) is 6.94. The molecular weight excluding hydrogens is 260 g/mol. The van der Waals surface area contributed by atoms with Crippen LogP contribution in [0.1, 0.15) is 39.2 Å². The standard InChI is InChI=1S/C18H30N2O/c1-5-21-17-6-7-18(15(4)12-17)19-16-8-10-20(11-9-16)13-14(2)3/h6-7,12,14,16,19H,5,8-11,13H2,1-4H3. The fourth-order valence-electron chi connectivity index (χ4n) is 3.05. The Labute approximate surface area is 129 Å². The summed E-state index contributed by atoms with van der Waals surface area (Å²) in [5.74, 6) is 1.73. The third-order valence-corrected chi connectivity index (χ3v) is 4.08. The molecule has 0 saturated carbocycles. The van der Waals surface area contributed by atoms with Crippen LogP contribution < -0.4 is 10.1 Å². The number of piperidine rings is 1. The van der Waals surface area contributed by atoms with E-state index in [1.54, 1.807) is 0 Å².